The van der Waals surface area contributed by atoms with Gasteiger partial charge in [0.15, 0.2) is 0 Å². The van der Waals surface area contributed by atoms with Crippen LogP contribution in [0, 0.1) is 20.8 Å². The molecule has 0 atom stereocenters. The highest BCUT2D eigenvalue weighted by Crippen LogP contribution is 2.37. The molecule has 1 aliphatic carbocycles. The molecular formula is C16H16O. The highest BCUT2D eigenvalue weighted by Gasteiger charge is 2.19. The van der Waals surface area contributed by atoms with E-state index in [1.807, 2.05) is 6.07 Å². The first-order valence-electron chi connectivity index (χ1n) is 6.02. The molecule has 0 saturated heterocycles. The van der Waals surface area contributed by atoms with Crippen LogP contribution in [0.2, 0.25) is 0 Å². The Morgan fingerprint density at radius 2 is 1.94 bits per heavy atom. The van der Waals surface area contributed by atoms with Crippen LogP contribution in [-0.4, -0.2) is 0 Å². The summed E-state index contributed by atoms with van der Waals surface area (Å²) in [5.41, 5.74) is 7.91. The maximum atomic E-state index is 5.68. The third-order valence-corrected chi connectivity index (χ3v) is 3.68. The minimum Gasteiger partial charge on any atom is -0.464 e. The largest absolute Gasteiger partial charge is 0.464 e. The minimum absolute atomic E-state index is 1.02. The summed E-state index contributed by atoms with van der Waals surface area (Å²) in [5.74, 6) is 1.02. The molecule has 1 heteroatoms. The monoisotopic (exact) mass is 224 g/mol. The van der Waals surface area contributed by atoms with E-state index in [-0.39, 0.29) is 0 Å². The average molecular weight is 224 g/mol. The van der Waals surface area contributed by atoms with E-state index in [0.717, 1.165) is 12.2 Å². The van der Waals surface area contributed by atoms with Crippen LogP contribution >= 0.6 is 0 Å². The van der Waals surface area contributed by atoms with Gasteiger partial charge in [-0.2, -0.15) is 0 Å². The third-order valence-electron chi connectivity index (χ3n) is 3.68. The van der Waals surface area contributed by atoms with E-state index in [9.17, 15) is 0 Å². The van der Waals surface area contributed by atoms with Gasteiger partial charge < -0.3 is 4.42 Å². The second-order valence-corrected chi connectivity index (χ2v) is 4.81. The standard InChI is InChI=1S/C16H16O/c1-10-7-8-17-16(10)15-12(3)11(2)9-13-5-4-6-14(13)15/h4,6-9H,5H2,1-3H3. The van der Waals surface area contributed by atoms with E-state index in [4.69, 9.17) is 4.42 Å². The van der Waals surface area contributed by atoms with Crippen molar-refractivity contribution in [2.75, 3.05) is 0 Å². The van der Waals surface area contributed by atoms with E-state index < -0.39 is 0 Å². The van der Waals surface area contributed by atoms with Crippen LogP contribution in [0.15, 0.2) is 28.9 Å². The van der Waals surface area contributed by atoms with Gasteiger partial charge in [-0.25, -0.2) is 0 Å². The zero-order valence-electron chi connectivity index (χ0n) is 10.5. The molecule has 3 rings (SSSR count). The van der Waals surface area contributed by atoms with E-state index in [0.29, 0.717) is 0 Å². The van der Waals surface area contributed by atoms with Gasteiger partial charge in [0.25, 0.3) is 0 Å². The van der Waals surface area contributed by atoms with Crippen LogP contribution in [0.3, 0.4) is 0 Å². The predicted octanol–water partition coefficient (Wildman–Crippen LogP) is 4.44. The highest BCUT2D eigenvalue weighted by atomic mass is 16.3. The summed E-state index contributed by atoms with van der Waals surface area (Å²) in [5, 5.41) is 0. The molecule has 1 nitrogen and oxygen atoms in total. The van der Waals surface area contributed by atoms with Gasteiger partial charge in [0.05, 0.1) is 6.26 Å². The SMILES string of the molecule is Cc1ccoc1-c1c(C)c(C)cc2c1C=CC2. The number of rotatable bonds is 1. The Labute approximate surface area is 102 Å². The number of fused-ring (bicyclic) bond motifs is 1. The quantitative estimate of drug-likeness (QED) is 0.698. The lowest BCUT2D eigenvalue weighted by molar-refractivity contribution is 0.580. The summed E-state index contributed by atoms with van der Waals surface area (Å²) in [7, 11) is 0. The Bertz CT molecular complexity index is 615. The van der Waals surface area contributed by atoms with E-state index in [2.05, 4.69) is 39.0 Å². The maximum absolute atomic E-state index is 5.68. The van der Waals surface area contributed by atoms with Gasteiger partial charge in [0, 0.05) is 5.56 Å². The van der Waals surface area contributed by atoms with Crippen LogP contribution in [0.25, 0.3) is 17.4 Å². The Kier molecular flexibility index (Phi) is 2.22. The first-order valence-corrected chi connectivity index (χ1v) is 6.02. The number of hydrogen-bond acceptors (Lipinski definition) is 1. The molecule has 0 spiro atoms. The zero-order valence-corrected chi connectivity index (χ0v) is 10.5. The fraction of sp³-hybridized carbons (Fsp3) is 0.250. The maximum Gasteiger partial charge on any atom is 0.137 e. The fourth-order valence-electron chi connectivity index (χ4n) is 2.59. The molecule has 0 saturated carbocycles. The van der Waals surface area contributed by atoms with E-state index >= 15 is 0 Å². The third kappa shape index (κ3) is 1.46. The molecule has 0 bridgehead atoms. The number of allylic oxidation sites excluding steroid dienone is 1. The van der Waals surface area contributed by atoms with Crippen molar-refractivity contribution in [3.05, 3.63) is 52.3 Å². The molecule has 1 aromatic heterocycles. The molecule has 0 radical (unpaired) electrons. The molecule has 0 unspecified atom stereocenters. The molecular weight excluding hydrogens is 208 g/mol. The molecule has 0 aliphatic heterocycles. The molecule has 86 valence electrons. The van der Waals surface area contributed by atoms with Gasteiger partial charge in [-0.3, -0.25) is 0 Å². The first-order chi connectivity index (χ1) is 8.18. The molecule has 0 N–H and O–H groups in total. The number of benzene rings is 1. The number of furan rings is 1. The number of aryl methyl sites for hydroxylation is 2. The van der Waals surface area contributed by atoms with Gasteiger partial charge in [0.2, 0.25) is 0 Å². The summed E-state index contributed by atoms with van der Waals surface area (Å²) in [6.07, 6.45) is 7.27. The van der Waals surface area contributed by atoms with E-state index in [1.54, 1.807) is 6.26 Å². The van der Waals surface area contributed by atoms with Crippen molar-refractivity contribution < 1.29 is 4.42 Å². The lowest BCUT2D eigenvalue weighted by atomic mass is 9.92. The van der Waals surface area contributed by atoms with Gasteiger partial charge >= 0.3 is 0 Å². The average Bonchev–Trinajstić information content (AvgIpc) is 2.89. The Morgan fingerprint density at radius 3 is 2.65 bits per heavy atom. The Balaban J connectivity index is 2.36. The zero-order chi connectivity index (χ0) is 12.0. The van der Waals surface area contributed by atoms with Crippen LogP contribution in [0.4, 0.5) is 0 Å². The summed E-state index contributed by atoms with van der Waals surface area (Å²) in [6.45, 7) is 6.46. The highest BCUT2D eigenvalue weighted by molar-refractivity contribution is 5.81. The summed E-state index contributed by atoms with van der Waals surface area (Å²) in [6, 6.07) is 4.33. The van der Waals surface area contributed by atoms with Gasteiger partial charge in [-0.15, -0.1) is 0 Å². The van der Waals surface area contributed by atoms with Crippen LogP contribution in [-0.2, 0) is 6.42 Å². The van der Waals surface area contributed by atoms with E-state index in [1.165, 1.54) is 33.4 Å². The summed E-state index contributed by atoms with van der Waals surface area (Å²) < 4.78 is 5.68. The topological polar surface area (TPSA) is 13.1 Å². The second kappa shape index (κ2) is 3.63. The second-order valence-electron chi connectivity index (χ2n) is 4.81. The minimum atomic E-state index is 1.02. The molecule has 17 heavy (non-hydrogen) atoms. The van der Waals surface area contributed by atoms with Crippen molar-refractivity contribution in [3.8, 4) is 11.3 Å². The van der Waals surface area contributed by atoms with Crippen molar-refractivity contribution in [3.63, 3.8) is 0 Å². The van der Waals surface area contributed by atoms with Crippen molar-refractivity contribution in [2.45, 2.75) is 27.2 Å². The molecule has 1 aromatic carbocycles. The van der Waals surface area contributed by atoms with Crippen molar-refractivity contribution in [1.82, 2.24) is 0 Å². The summed E-state index contributed by atoms with van der Waals surface area (Å²) >= 11 is 0. The Morgan fingerprint density at radius 1 is 1.12 bits per heavy atom. The van der Waals surface area contributed by atoms with Crippen molar-refractivity contribution >= 4 is 6.08 Å². The van der Waals surface area contributed by atoms with Crippen LogP contribution in [0.1, 0.15) is 27.8 Å². The molecule has 2 aromatic rings. The van der Waals surface area contributed by atoms with Gasteiger partial charge in [-0.05, 0) is 61.1 Å². The van der Waals surface area contributed by atoms with Crippen LogP contribution in [0.5, 0.6) is 0 Å². The van der Waals surface area contributed by atoms with Crippen molar-refractivity contribution in [1.29, 1.82) is 0 Å². The normalized spacial score (nSPS) is 13.1. The lowest BCUT2D eigenvalue weighted by Gasteiger charge is -2.13. The summed E-state index contributed by atoms with van der Waals surface area (Å²) in [4.78, 5) is 0. The first kappa shape index (κ1) is 10.4. The molecule has 1 aliphatic rings. The lowest BCUT2D eigenvalue weighted by Crippen LogP contribution is -1.95. The molecule has 0 amide bonds. The van der Waals surface area contributed by atoms with Crippen molar-refractivity contribution in [2.24, 2.45) is 0 Å². The fourth-order valence-corrected chi connectivity index (χ4v) is 2.59. The van der Waals surface area contributed by atoms with Gasteiger partial charge in [0.1, 0.15) is 5.76 Å². The van der Waals surface area contributed by atoms with Crippen LogP contribution < -0.4 is 0 Å². The Hall–Kier alpha value is -1.76. The predicted molar refractivity (Wildman–Crippen MR) is 71.1 cm³/mol. The number of hydrogen-bond donors (Lipinski definition) is 0. The van der Waals surface area contributed by atoms with Gasteiger partial charge in [-0.1, -0.05) is 18.2 Å². The smallest absolute Gasteiger partial charge is 0.137 e. The molecule has 1 heterocycles. The molecule has 0 fully saturated rings.